The number of likely N-dealkylation sites (tertiary alicyclic amines) is 1. The third-order valence-electron chi connectivity index (χ3n) is 6.70. The average molecular weight is 420 g/mol. The minimum absolute atomic E-state index is 0.0963. The van der Waals surface area contributed by atoms with E-state index in [9.17, 15) is 9.59 Å². The maximum Gasteiger partial charge on any atom is 0.236 e. The molecule has 0 radical (unpaired) electrons. The zero-order valence-corrected chi connectivity index (χ0v) is 18.5. The molecule has 0 bridgehead atoms. The predicted molar refractivity (Wildman–Crippen MR) is 125 cm³/mol. The van der Waals surface area contributed by atoms with E-state index in [4.69, 9.17) is 0 Å². The van der Waals surface area contributed by atoms with E-state index in [1.165, 1.54) is 5.56 Å². The molecule has 2 saturated heterocycles. The van der Waals surface area contributed by atoms with E-state index in [0.29, 0.717) is 12.5 Å². The number of benzene rings is 2. The number of ketones is 1. The van der Waals surface area contributed by atoms with Crippen molar-refractivity contribution >= 4 is 17.4 Å². The summed E-state index contributed by atoms with van der Waals surface area (Å²) in [5.74, 6) is 1.06. The van der Waals surface area contributed by atoms with Gasteiger partial charge in [-0.05, 0) is 61.9 Å². The molecule has 4 rings (SSSR count). The van der Waals surface area contributed by atoms with Gasteiger partial charge in [0.15, 0.2) is 5.78 Å². The van der Waals surface area contributed by atoms with E-state index >= 15 is 0 Å². The monoisotopic (exact) mass is 419 g/mol. The minimum Gasteiger partial charge on any atom is -0.369 e. The van der Waals surface area contributed by atoms with Gasteiger partial charge in [-0.2, -0.15) is 0 Å². The first-order valence-electron chi connectivity index (χ1n) is 11.5. The highest BCUT2D eigenvalue weighted by molar-refractivity contribution is 5.94. The van der Waals surface area contributed by atoms with E-state index in [2.05, 4.69) is 45.0 Å². The summed E-state index contributed by atoms with van der Waals surface area (Å²) in [5, 5.41) is 0. The van der Waals surface area contributed by atoms with Crippen LogP contribution in [0.4, 0.5) is 5.69 Å². The number of carbonyl (C=O) groups excluding carboxylic acids is 2. The largest absolute Gasteiger partial charge is 0.369 e. The molecule has 5 heteroatoms. The predicted octanol–water partition coefficient (Wildman–Crippen LogP) is 3.49. The summed E-state index contributed by atoms with van der Waals surface area (Å²) < 4.78 is 0. The topological polar surface area (TPSA) is 43.9 Å². The Morgan fingerprint density at radius 1 is 0.839 bits per heavy atom. The van der Waals surface area contributed by atoms with Crippen molar-refractivity contribution in [2.75, 3.05) is 50.7 Å². The van der Waals surface area contributed by atoms with Crippen molar-refractivity contribution in [1.82, 2.24) is 9.80 Å². The maximum absolute atomic E-state index is 12.8. The number of anilines is 1. The van der Waals surface area contributed by atoms with Crippen molar-refractivity contribution in [2.45, 2.75) is 26.2 Å². The van der Waals surface area contributed by atoms with Gasteiger partial charge in [0.1, 0.15) is 0 Å². The molecule has 2 aromatic rings. The van der Waals surface area contributed by atoms with Crippen LogP contribution in [0.3, 0.4) is 0 Å². The van der Waals surface area contributed by atoms with Gasteiger partial charge in [0, 0.05) is 50.5 Å². The number of hydrogen-bond donors (Lipinski definition) is 0. The van der Waals surface area contributed by atoms with Crippen molar-refractivity contribution in [3.8, 4) is 0 Å². The third-order valence-corrected chi connectivity index (χ3v) is 6.70. The molecule has 2 aliphatic rings. The number of nitrogens with zero attached hydrogens (tertiary/aromatic N) is 3. The van der Waals surface area contributed by atoms with E-state index in [1.54, 1.807) is 6.92 Å². The summed E-state index contributed by atoms with van der Waals surface area (Å²) in [6, 6.07) is 18.5. The van der Waals surface area contributed by atoms with Crippen LogP contribution in [0, 0.1) is 5.92 Å². The summed E-state index contributed by atoms with van der Waals surface area (Å²) in [4.78, 5) is 30.9. The van der Waals surface area contributed by atoms with Crippen LogP contribution in [0.15, 0.2) is 54.6 Å². The fraction of sp³-hybridized carbons (Fsp3) is 0.462. The Balaban J connectivity index is 1.19. The lowest BCUT2D eigenvalue weighted by molar-refractivity contribution is -0.133. The first-order valence-corrected chi connectivity index (χ1v) is 11.5. The van der Waals surface area contributed by atoms with E-state index in [0.717, 1.165) is 69.8 Å². The SMILES string of the molecule is CC(=O)c1ccc(N2CCN(CC(=O)N3CCC(Cc4ccccc4)CC3)CC2)cc1. The Hall–Kier alpha value is -2.66. The molecule has 0 aromatic heterocycles. The summed E-state index contributed by atoms with van der Waals surface area (Å²) >= 11 is 0. The Labute approximate surface area is 185 Å². The van der Waals surface area contributed by atoms with Gasteiger partial charge < -0.3 is 9.80 Å². The lowest BCUT2D eigenvalue weighted by Crippen LogP contribution is -2.51. The second kappa shape index (κ2) is 10.1. The smallest absolute Gasteiger partial charge is 0.236 e. The van der Waals surface area contributed by atoms with Crippen LogP contribution in [0.25, 0.3) is 0 Å². The molecule has 1 amide bonds. The molecule has 0 spiro atoms. The molecule has 0 N–H and O–H groups in total. The van der Waals surface area contributed by atoms with Crippen LogP contribution in [-0.2, 0) is 11.2 Å². The van der Waals surface area contributed by atoms with Crippen LogP contribution in [0.2, 0.25) is 0 Å². The lowest BCUT2D eigenvalue weighted by Gasteiger charge is -2.38. The number of rotatable bonds is 6. The molecule has 5 nitrogen and oxygen atoms in total. The molecule has 31 heavy (non-hydrogen) atoms. The maximum atomic E-state index is 12.8. The highest BCUT2D eigenvalue weighted by Crippen LogP contribution is 2.22. The lowest BCUT2D eigenvalue weighted by atomic mass is 9.90. The molecule has 2 heterocycles. The van der Waals surface area contributed by atoms with E-state index < -0.39 is 0 Å². The molecule has 0 saturated carbocycles. The molecule has 2 aromatic carbocycles. The zero-order valence-electron chi connectivity index (χ0n) is 18.5. The van der Waals surface area contributed by atoms with Crippen LogP contribution in [0.1, 0.15) is 35.7 Å². The molecule has 2 fully saturated rings. The summed E-state index contributed by atoms with van der Waals surface area (Å²) in [5.41, 5.74) is 3.30. The Morgan fingerprint density at radius 3 is 2.10 bits per heavy atom. The van der Waals surface area contributed by atoms with Crippen molar-refractivity contribution in [1.29, 1.82) is 0 Å². The molecule has 0 unspecified atom stereocenters. The Kier molecular flexibility index (Phi) is 7.03. The van der Waals surface area contributed by atoms with Gasteiger partial charge in [0.25, 0.3) is 0 Å². The minimum atomic E-state index is 0.0963. The van der Waals surface area contributed by atoms with E-state index in [1.807, 2.05) is 24.3 Å². The number of amides is 1. The molecule has 0 atom stereocenters. The van der Waals surface area contributed by atoms with Gasteiger partial charge in [-0.15, -0.1) is 0 Å². The van der Waals surface area contributed by atoms with Crippen LogP contribution < -0.4 is 4.90 Å². The summed E-state index contributed by atoms with van der Waals surface area (Å²) in [7, 11) is 0. The van der Waals surface area contributed by atoms with Crippen LogP contribution >= 0.6 is 0 Å². The first-order chi connectivity index (χ1) is 15.1. The third kappa shape index (κ3) is 5.73. The highest BCUT2D eigenvalue weighted by Gasteiger charge is 2.25. The number of piperidine rings is 1. The van der Waals surface area contributed by atoms with Crippen molar-refractivity contribution < 1.29 is 9.59 Å². The fourth-order valence-electron chi connectivity index (χ4n) is 4.70. The zero-order chi connectivity index (χ0) is 21.6. The van der Waals surface area contributed by atoms with Gasteiger partial charge in [-0.1, -0.05) is 30.3 Å². The van der Waals surface area contributed by atoms with E-state index in [-0.39, 0.29) is 11.7 Å². The number of carbonyl (C=O) groups is 2. The van der Waals surface area contributed by atoms with Crippen LogP contribution in [-0.4, -0.2) is 67.3 Å². The Bertz CT molecular complexity index is 865. The molecule has 0 aliphatic carbocycles. The number of hydrogen-bond acceptors (Lipinski definition) is 4. The number of Topliss-reactive ketones (excluding diaryl/α,β-unsaturated/α-hetero) is 1. The van der Waals surface area contributed by atoms with Crippen molar-refractivity contribution in [2.24, 2.45) is 5.92 Å². The Morgan fingerprint density at radius 2 is 1.48 bits per heavy atom. The molecule has 164 valence electrons. The summed E-state index contributed by atoms with van der Waals surface area (Å²) in [6.07, 6.45) is 3.33. The number of piperazine rings is 1. The quantitative estimate of drug-likeness (QED) is 0.673. The van der Waals surface area contributed by atoms with Crippen LogP contribution in [0.5, 0.6) is 0 Å². The van der Waals surface area contributed by atoms with Gasteiger partial charge in [0.05, 0.1) is 6.54 Å². The average Bonchev–Trinajstić information content (AvgIpc) is 2.81. The highest BCUT2D eigenvalue weighted by atomic mass is 16.2. The normalized spacial score (nSPS) is 18.2. The van der Waals surface area contributed by atoms with Gasteiger partial charge >= 0.3 is 0 Å². The van der Waals surface area contributed by atoms with Crippen molar-refractivity contribution in [3.63, 3.8) is 0 Å². The van der Waals surface area contributed by atoms with Gasteiger partial charge in [-0.25, -0.2) is 0 Å². The fourth-order valence-corrected chi connectivity index (χ4v) is 4.70. The molecular formula is C26H33N3O2. The summed E-state index contributed by atoms with van der Waals surface area (Å²) in [6.45, 7) is 7.50. The molecular weight excluding hydrogens is 386 g/mol. The second-order valence-electron chi connectivity index (χ2n) is 8.88. The van der Waals surface area contributed by atoms with Crippen molar-refractivity contribution in [3.05, 3.63) is 65.7 Å². The molecule has 2 aliphatic heterocycles. The van der Waals surface area contributed by atoms with Gasteiger partial charge in [0.2, 0.25) is 5.91 Å². The van der Waals surface area contributed by atoms with Gasteiger partial charge in [-0.3, -0.25) is 14.5 Å². The second-order valence-corrected chi connectivity index (χ2v) is 8.88. The standard InChI is InChI=1S/C26H33N3O2/c1-21(30)24-7-9-25(10-8-24)28-17-15-27(16-18-28)20-26(31)29-13-11-23(12-14-29)19-22-5-3-2-4-6-22/h2-10,23H,11-20H2,1H3. The first kappa shape index (κ1) is 21.6.